The molecule has 4 nitrogen and oxygen atoms in total. The fourth-order valence-electron chi connectivity index (χ4n) is 3.14. The molecule has 0 atom stereocenters. The molecule has 23 heavy (non-hydrogen) atoms. The lowest BCUT2D eigenvalue weighted by Gasteiger charge is -2.30. The van der Waals surface area contributed by atoms with Crippen LogP contribution >= 0.6 is 11.6 Å². The molecule has 0 unspecified atom stereocenters. The first-order valence-corrected chi connectivity index (χ1v) is 8.95. The number of carbonyl (C=O) groups excluding carboxylic acids is 1. The smallest absolute Gasteiger partial charge is 0.246 e. The van der Waals surface area contributed by atoms with Crippen LogP contribution in [0.5, 0.6) is 0 Å². The first kappa shape index (κ1) is 18.1. The predicted molar refractivity (Wildman–Crippen MR) is 95.5 cm³/mol. The lowest BCUT2D eigenvalue weighted by Crippen LogP contribution is -2.37. The van der Waals surface area contributed by atoms with Gasteiger partial charge in [0.15, 0.2) is 0 Å². The molecule has 0 bridgehead atoms. The fraction of sp³-hybridized carbons (Fsp3) is 0.667. The molecule has 1 aromatic heterocycles. The summed E-state index contributed by atoms with van der Waals surface area (Å²) in [6.45, 7) is 6.97. The van der Waals surface area contributed by atoms with E-state index in [0.29, 0.717) is 17.1 Å². The average Bonchev–Trinajstić information content (AvgIpc) is 2.78. The van der Waals surface area contributed by atoms with E-state index < -0.39 is 0 Å². The zero-order valence-electron chi connectivity index (χ0n) is 14.7. The Balaban J connectivity index is 2.07. The first-order valence-electron chi connectivity index (χ1n) is 8.58. The van der Waals surface area contributed by atoms with Crippen LogP contribution in [0.3, 0.4) is 0 Å². The van der Waals surface area contributed by atoms with Crippen LogP contribution in [-0.4, -0.2) is 33.7 Å². The second kappa shape index (κ2) is 8.00. The summed E-state index contributed by atoms with van der Waals surface area (Å²) in [5, 5.41) is 5.08. The molecule has 0 aromatic carbocycles. The SMILES string of the molecule is Cc1nn(CC(C)C)c(Cl)c1C=CC(=O)N(C)C1CCCCC1. The minimum Gasteiger partial charge on any atom is -0.339 e. The van der Waals surface area contributed by atoms with E-state index >= 15 is 0 Å². The van der Waals surface area contributed by atoms with Crippen LogP contribution in [0.25, 0.3) is 6.08 Å². The molecule has 128 valence electrons. The van der Waals surface area contributed by atoms with Gasteiger partial charge in [-0.1, -0.05) is 44.7 Å². The quantitative estimate of drug-likeness (QED) is 0.751. The summed E-state index contributed by atoms with van der Waals surface area (Å²) in [5.41, 5.74) is 1.71. The minimum atomic E-state index is 0.0453. The van der Waals surface area contributed by atoms with E-state index in [1.54, 1.807) is 6.08 Å². The standard InChI is InChI=1S/C18H28ClN3O/c1-13(2)12-22-18(19)16(14(3)20-22)10-11-17(23)21(4)15-8-6-5-7-9-15/h10-11,13,15H,5-9,12H2,1-4H3. The van der Waals surface area contributed by atoms with Crippen molar-refractivity contribution in [3.8, 4) is 0 Å². The molecule has 0 radical (unpaired) electrons. The lowest BCUT2D eigenvalue weighted by molar-refractivity contribution is -0.127. The second-order valence-corrected chi connectivity index (χ2v) is 7.30. The molecule has 0 saturated heterocycles. The number of hydrogen-bond donors (Lipinski definition) is 0. The van der Waals surface area contributed by atoms with E-state index in [1.165, 1.54) is 19.3 Å². The summed E-state index contributed by atoms with van der Waals surface area (Å²) in [7, 11) is 1.90. The minimum absolute atomic E-state index is 0.0453. The third kappa shape index (κ3) is 4.60. The number of aromatic nitrogens is 2. The predicted octanol–water partition coefficient (Wildman–Crippen LogP) is 4.31. The first-order chi connectivity index (χ1) is 10.9. The molecule has 1 saturated carbocycles. The van der Waals surface area contributed by atoms with Gasteiger partial charge in [-0.05, 0) is 31.8 Å². The molecule has 5 heteroatoms. The van der Waals surface area contributed by atoms with Gasteiger partial charge in [0, 0.05) is 31.3 Å². The monoisotopic (exact) mass is 337 g/mol. The van der Waals surface area contributed by atoms with Gasteiger partial charge in [0.2, 0.25) is 5.91 Å². The molecule has 1 aliphatic rings. The van der Waals surface area contributed by atoms with Crippen molar-refractivity contribution >= 4 is 23.6 Å². The molecule has 0 spiro atoms. The highest BCUT2D eigenvalue weighted by Gasteiger charge is 2.21. The van der Waals surface area contributed by atoms with E-state index in [9.17, 15) is 4.79 Å². The van der Waals surface area contributed by atoms with Crippen molar-refractivity contribution in [1.82, 2.24) is 14.7 Å². The molecular weight excluding hydrogens is 310 g/mol. The number of amides is 1. The zero-order valence-corrected chi connectivity index (χ0v) is 15.4. The number of hydrogen-bond acceptors (Lipinski definition) is 2. The Bertz CT molecular complexity index is 571. The zero-order chi connectivity index (χ0) is 17.0. The topological polar surface area (TPSA) is 38.1 Å². The third-order valence-corrected chi connectivity index (χ3v) is 4.91. The van der Waals surface area contributed by atoms with Crippen LogP contribution < -0.4 is 0 Å². The third-order valence-electron chi connectivity index (χ3n) is 4.51. The molecule has 1 heterocycles. The summed E-state index contributed by atoms with van der Waals surface area (Å²) >= 11 is 6.41. The summed E-state index contributed by atoms with van der Waals surface area (Å²) in [6, 6.07) is 0.376. The number of carbonyl (C=O) groups is 1. The molecule has 1 aromatic rings. The van der Waals surface area contributed by atoms with Gasteiger partial charge in [0.1, 0.15) is 5.15 Å². The Labute approximate surface area is 144 Å². The Morgan fingerprint density at radius 3 is 2.65 bits per heavy atom. The van der Waals surface area contributed by atoms with Crippen LogP contribution in [-0.2, 0) is 11.3 Å². The van der Waals surface area contributed by atoms with Gasteiger partial charge in [0.05, 0.1) is 5.69 Å². The number of aryl methyl sites for hydroxylation is 1. The molecule has 1 fully saturated rings. The van der Waals surface area contributed by atoms with E-state index in [4.69, 9.17) is 11.6 Å². The van der Waals surface area contributed by atoms with Crippen molar-refractivity contribution in [3.63, 3.8) is 0 Å². The molecule has 2 rings (SSSR count). The highest BCUT2D eigenvalue weighted by atomic mass is 35.5. The lowest BCUT2D eigenvalue weighted by atomic mass is 9.94. The van der Waals surface area contributed by atoms with Gasteiger partial charge in [-0.3, -0.25) is 9.48 Å². The van der Waals surface area contributed by atoms with Crippen molar-refractivity contribution in [2.75, 3.05) is 7.05 Å². The van der Waals surface area contributed by atoms with Gasteiger partial charge in [-0.25, -0.2) is 0 Å². The number of likely N-dealkylation sites (N-methyl/N-ethyl adjacent to an activating group) is 1. The van der Waals surface area contributed by atoms with E-state index in [0.717, 1.165) is 30.6 Å². The van der Waals surface area contributed by atoms with Crippen molar-refractivity contribution in [2.24, 2.45) is 5.92 Å². The van der Waals surface area contributed by atoms with Crippen molar-refractivity contribution in [2.45, 2.75) is 65.5 Å². The maximum absolute atomic E-state index is 12.4. The second-order valence-electron chi connectivity index (χ2n) is 6.94. The summed E-state index contributed by atoms with van der Waals surface area (Å²) in [5.74, 6) is 0.520. The normalized spacial score (nSPS) is 16.4. The summed E-state index contributed by atoms with van der Waals surface area (Å²) in [6.07, 6.45) is 9.40. The Morgan fingerprint density at radius 1 is 1.39 bits per heavy atom. The Morgan fingerprint density at radius 2 is 2.04 bits per heavy atom. The maximum Gasteiger partial charge on any atom is 0.246 e. The average molecular weight is 338 g/mol. The molecule has 1 aliphatic carbocycles. The van der Waals surface area contributed by atoms with E-state index in [2.05, 4.69) is 18.9 Å². The van der Waals surface area contributed by atoms with Gasteiger partial charge in [-0.2, -0.15) is 5.10 Å². The van der Waals surface area contributed by atoms with Gasteiger partial charge in [-0.15, -0.1) is 0 Å². The van der Waals surface area contributed by atoms with Gasteiger partial charge >= 0.3 is 0 Å². The highest BCUT2D eigenvalue weighted by molar-refractivity contribution is 6.31. The van der Waals surface area contributed by atoms with Crippen molar-refractivity contribution < 1.29 is 4.79 Å². The molecule has 0 aliphatic heterocycles. The summed E-state index contributed by atoms with van der Waals surface area (Å²) in [4.78, 5) is 14.3. The van der Waals surface area contributed by atoms with Crippen molar-refractivity contribution in [3.05, 3.63) is 22.5 Å². The molecule has 0 N–H and O–H groups in total. The number of halogens is 1. The fourth-order valence-corrected chi connectivity index (χ4v) is 3.45. The maximum atomic E-state index is 12.4. The van der Waals surface area contributed by atoms with Crippen molar-refractivity contribution in [1.29, 1.82) is 0 Å². The van der Waals surface area contributed by atoms with Crippen LogP contribution in [0.15, 0.2) is 6.08 Å². The largest absolute Gasteiger partial charge is 0.339 e. The molecular formula is C18H28ClN3O. The molecule has 1 amide bonds. The van der Waals surface area contributed by atoms with E-state index in [-0.39, 0.29) is 5.91 Å². The number of nitrogens with zero attached hydrogens (tertiary/aromatic N) is 3. The Kier molecular flexibility index (Phi) is 6.28. The van der Waals surface area contributed by atoms with Crippen LogP contribution in [0.4, 0.5) is 0 Å². The van der Waals surface area contributed by atoms with Crippen LogP contribution in [0.1, 0.15) is 57.2 Å². The van der Waals surface area contributed by atoms with Gasteiger partial charge < -0.3 is 4.90 Å². The number of rotatable bonds is 5. The Hall–Kier alpha value is -1.29. The van der Waals surface area contributed by atoms with Crippen LogP contribution in [0.2, 0.25) is 5.15 Å². The van der Waals surface area contributed by atoms with Crippen LogP contribution in [0, 0.1) is 12.8 Å². The van der Waals surface area contributed by atoms with E-state index in [1.807, 2.05) is 29.6 Å². The highest BCUT2D eigenvalue weighted by Crippen LogP contribution is 2.24. The van der Waals surface area contributed by atoms with Gasteiger partial charge in [0.25, 0.3) is 0 Å². The summed E-state index contributed by atoms with van der Waals surface area (Å²) < 4.78 is 1.82.